The van der Waals surface area contributed by atoms with E-state index in [4.69, 9.17) is 11.6 Å². The van der Waals surface area contributed by atoms with Gasteiger partial charge in [0.15, 0.2) is 0 Å². The number of nitrogens with zero attached hydrogens (tertiary/aromatic N) is 1. The maximum absolute atomic E-state index is 12.9. The van der Waals surface area contributed by atoms with Crippen molar-refractivity contribution in [3.05, 3.63) is 34.9 Å². The summed E-state index contributed by atoms with van der Waals surface area (Å²) in [5.41, 5.74) is 0.513. The number of hydrogen-bond donors (Lipinski definition) is 1. The summed E-state index contributed by atoms with van der Waals surface area (Å²) in [7, 11) is 0. The van der Waals surface area contributed by atoms with Gasteiger partial charge in [-0.2, -0.15) is 0 Å². The molecule has 2 aliphatic rings. The predicted octanol–water partition coefficient (Wildman–Crippen LogP) is 3.61. The van der Waals surface area contributed by atoms with Crippen LogP contribution in [0.15, 0.2) is 24.3 Å². The smallest absolute Gasteiger partial charge is 0.251 e. The Kier molecular flexibility index (Phi) is 5.40. The summed E-state index contributed by atoms with van der Waals surface area (Å²) >= 11 is 6.09. The third-order valence-corrected chi connectivity index (χ3v) is 5.57. The highest BCUT2D eigenvalue weighted by Gasteiger charge is 2.46. The molecule has 24 heavy (non-hydrogen) atoms. The van der Waals surface area contributed by atoms with Gasteiger partial charge in [0.2, 0.25) is 5.91 Å². The number of likely N-dealkylation sites (tertiary alicyclic amines) is 1. The Bertz CT molecular complexity index is 584. The van der Waals surface area contributed by atoms with Crippen molar-refractivity contribution in [2.45, 2.75) is 50.0 Å². The molecule has 1 aromatic rings. The summed E-state index contributed by atoms with van der Waals surface area (Å²) in [6, 6.07) is 7.62. The maximum atomic E-state index is 12.9. The minimum Gasteiger partial charge on any atom is -0.353 e. The van der Waals surface area contributed by atoms with E-state index in [0.29, 0.717) is 18.1 Å². The number of benzene rings is 1. The second-order valence-corrected chi connectivity index (χ2v) is 7.32. The van der Waals surface area contributed by atoms with E-state index < -0.39 is 11.8 Å². The molecule has 3 rings (SSSR count). The Morgan fingerprint density at radius 2 is 2.04 bits per heavy atom. The molecule has 1 aliphatic heterocycles. The molecule has 1 amide bonds. The van der Waals surface area contributed by atoms with Crippen LogP contribution in [0.5, 0.6) is 0 Å². The number of carbonyl (C=O) groups excluding carboxylic acids is 1. The molecule has 2 fully saturated rings. The monoisotopic (exact) mass is 356 g/mol. The molecule has 1 aliphatic carbocycles. The van der Waals surface area contributed by atoms with E-state index in [9.17, 15) is 13.6 Å². The van der Waals surface area contributed by atoms with Crippen LogP contribution in [-0.4, -0.2) is 42.9 Å². The van der Waals surface area contributed by atoms with Gasteiger partial charge >= 0.3 is 0 Å². The molecular formula is C18H23ClF2N2O. The summed E-state index contributed by atoms with van der Waals surface area (Å²) < 4.78 is 24.9. The molecule has 132 valence electrons. The first-order valence-corrected chi connectivity index (χ1v) is 8.95. The van der Waals surface area contributed by atoms with E-state index >= 15 is 0 Å². The van der Waals surface area contributed by atoms with Crippen molar-refractivity contribution in [1.82, 2.24) is 10.2 Å². The van der Waals surface area contributed by atoms with Crippen LogP contribution in [-0.2, 0) is 10.2 Å². The Morgan fingerprint density at radius 1 is 1.33 bits per heavy atom. The number of piperidine rings is 1. The molecule has 1 aromatic carbocycles. The van der Waals surface area contributed by atoms with Crippen molar-refractivity contribution in [2.75, 3.05) is 19.6 Å². The van der Waals surface area contributed by atoms with Crippen molar-refractivity contribution in [3.8, 4) is 0 Å². The first kappa shape index (κ1) is 17.6. The largest absolute Gasteiger partial charge is 0.353 e. The zero-order valence-electron chi connectivity index (χ0n) is 13.6. The van der Waals surface area contributed by atoms with Crippen molar-refractivity contribution >= 4 is 17.5 Å². The lowest BCUT2D eigenvalue weighted by atomic mass is 9.63. The van der Waals surface area contributed by atoms with Gasteiger partial charge in [-0.25, -0.2) is 8.78 Å². The molecule has 0 unspecified atom stereocenters. The Balaban J connectivity index is 1.60. The van der Waals surface area contributed by atoms with Crippen LogP contribution in [0.2, 0.25) is 5.02 Å². The van der Waals surface area contributed by atoms with Gasteiger partial charge in [0.1, 0.15) is 0 Å². The van der Waals surface area contributed by atoms with Gasteiger partial charge in [0, 0.05) is 24.2 Å². The fourth-order valence-electron chi connectivity index (χ4n) is 3.74. The Labute approximate surface area is 146 Å². The van der Waals surface area contributed by atoms with Gasteiger partial charge in [-0.3, -0.25) is 9.69 Å². The molecule has 1 N–H and O–H groups in total. The minimum atomic E-state index is -2.29. The molecule has 3 nitrogen and oxygen atoms in total. The lowest BCUT2D eigenvalue weighted by Gasteiger charge is -2.42. The number of alkyl halides is 2. The third-order valence-electron chi connectivity index (χ3n) is 5.34. The number of nitrogens with one attached hydrogen (secondary N) is 1. The normalized spacial score (nSPS) is 21.5. The molecule has 0 aromatic heterocycles. The summed E-state index contributed by atoms with van der Waals surface area (Å²) in [6.45, 7) is 1.05. The zero-order valence-corrected chi connectivity index (χ0v) is 14.4. The van der Waals surface area contributed by atoms with Gasteiger partial charge in [-0.15, -0.1) is 0 Å². The molecule has 6 heteroatoms. The first-order chi connectivity index (χ1) is 11.5. The van der Waals surface area contributed by atoms with Gasteiger partial charge in [-0.1, -0.05) is 30.2 Å². The molecule has 1 saturated heterocycles. The van der Waals surface area contributed by atoms with E-state index in [0.717, 1.165) is 37.7 Å². The van der Waals surface area contributed by atoms with Crippen LogP contribution >= 0.6 is 11.6 Å². The van der Waals surface area contributed by atoms with Crippen LogP contribution < -0.4 is 5.32 Å². The quantitative estimate of drug-likeness (QED) is 0.874. The highest BCUT2D eigenvalue weighted by Crippen LogP contribution is 2.44. The molecule has 0 bridgehead atoms. The average Bonchev–Trinajstić information content (AvgIpc) is 2.48. The highest BCUT2D eigenvalue weighted by atomic mass is 35.5. The van der Waals surface area contributed by atoms with E-state index in [1.807, 2.05) is 24.3 Å². The van der Waals surface area contributed by atoms with E-state index in [-0.39, 0.29) is 18.5 Å². The lowest BCUT2D eigenvalue weighted by Crippen LogP contribution is -2.54. The molecule has 0 spiro atoms. The topological polar surface area (TPSA) is 32.3 Å². The van der Waals surface area contributed by atoms with Gasteiger partial charge < -0.3 is 5.32 Å². The van der Waals surface area contributed by atoms with Crippen molar-refractivity contribution in [3.63, 3.8) is 0 Å². The average molecular weight is 357 g/mol. The van der Waals surface area contributed by atoms with Gasteiger partial charge in [0.25, 0.3) is 6.43 Å². The van der Waals surface area contributed by atoms with Gasteiger partial charge in [-0.05, 0) is 43.4 Å². The third kappa shape index (κ3) is 3.72. The second-order valence-electron chi connectivity index (χ2n) is 6.89. The van der Waals surface area contributed by atoms with Crippen LogP contribution in [0.25, 0.3) is 0 Å². The summed E-state index contributed by atoms with van der Waals surface area (Å²) in [6.07, 6.45) is 1.87. The SMILES string of the molecule is O=C(NC1CCN(CC(F)F)CC1)C1(c2cccc(Cl)c2)CCC1. The van der Waals surface area contributed by atoms with Crippen molar-refractivity contribution in [2.24, 2.45) is 0 Å². The van der Waals surface area contributed by atoms with Crippen molar-refractivity contribution in [1.29, 1.82) is 0 Å². The molecular weight excluding hydrogens is 334 g/mol. The number of halogens is 3. The fraction of sp³-hybridized carbons (Fsp3) is 0.611. The van der Waals surface area contributed by atoms with E-state index in [1.165, 1.54) is 0 Å². The standard InChI is InChI=1S/C18H23ClF2N2O/c19-14-4-1-3-13(11-14)18(7-2-8-18)17(24)22-15-5-9-23(10-6-15)12-16(20)21/h1,3-4,11,15-16H,2,5-10,12H2,(H,22,24). The number of carbonyl (C=O) groups is 1. The van der Waals surface area contributed by atoms with Crippen LogP contribution in [0, 0.1) is 0 Å². The van der Waals surface area contributed by atoms with E-state index in [2.05, 4.69) is 5.32 Å². The maximum Gasteiger partial charge on any atom is 0.251 e. The van der Waals surface area contributed by atoms with E-state index in [1.54, 1.807) is 4.90 Å². The predicted molar refractivity (Wildman–Crippen MR) is 90.6 cm³/mol. The number of hydrogen-bond acceptors (Lipinski definition) is 2. The lowest BCUT2D eigenvalue weighted by molar-refractivity contribution is -0.131. The first-order valence-electron chi connectivity index (χ1n) is 8.57. The molecule has 1 saturated carbocycles. The molecule has 1 heterocycles. The van der Waals surface area contributed by atoms with Gasteiger partial charge in [0.05, 0.1) is 12.0 Å². The molecule has 0 atom stereocenters. The second kappa shape index (κ2) is 7.36. The number of amides is 1. The fourth-order valence-corrected chi connectivity index (χ4v) is 3.93. The molecule has 0 radical (unpaired) electrons. The van der Waals surface area contributed by atoms with Crippen LogP contribution in [0.4, 0.5) is 8.78 Å². The number of rotatable bonds is 5. The van der Waals surface area contributed by atoms with Crippen LogP contribution in [0.1, 0.15) is 37.7 Å². The van der Waals surface area contributed by atoms with Crippen LogP contribution in [0.3, 0.4) is 0 Å². The highest BCUT2D eigenvalue weighted by molar-refractivity contribution is 6.30. The summed E-state index contributed by atoms with van der Waals surface area (Å²) in [5, 5.41) is 3.80. The Hall–Kier alpha value is -1.20. The minimum absolute atomic E-state index is 0.0586. The zero-order chi connectivity index (χ0) is 17.2. The summed E-state index contributed by atoms with van der Waals surface area (Å²) in [4.78, 5) is 14.7. The van der Waals surface area contributed by atoms with Crippen molar-refractivity contribution < 1.29 is 13.6 Å². The Morgan fingerprint density at radius 3 is 2.58 bits per heavy atom. The summed E-state index contributed by atoms with van der Waals surface area (Å²) in [5.74, 6) is 0.0586.